The van der Waals surface area contributed by atoms with Gasteiger partial charge in [-0.15, -0.1) is 0 Å². The Kier molecular flexibility index (Phi) is 4.12. The van der Waals surface area contributed by atoms with Crippen LogP contribution in [0.2, 0.25) is 0 Å². The van der Waals surface area contributed by atoms with Gasteiger partial charge in [-0.2, -0.15) is 5.26 Å². The van der Waals surface area contributed by atoms with E-state index in [-0.39, 0.29) is 6.04 Å². The van der Waals surface area contributed by atoms with Gasteiger partial charge in [-0.05, 0) is 50.1 Å². The van der Waals surface area contributed by atoms with Crippen LogP contribution in [0, 0.1) is 18.3 Å². The third-order valence-corrected chi connectivity index (χ3v) is 5.30. The van der Waals surface area contributed by atoms with Gasteiger partial charge in [0.25, 0.3) is 0 Å². The van der Waals surface area contributed by atoms with E-state index in [1.165, 1.54) is 0 Å². The van der Waals surface area contributed by atoms with Crippen molar-refractivity contribution in [3.05, 3.63) is 53.3 Å². The van der Waals surface area contributed by atoms with Crippen molar-refractivity contribution < 1.29 is 9.47 Å². The van der Waals surface area contributed by atoms with E-state index in [1.54, 1.807) is 20.4 Å². The van der Waals surface area contributed by atoms with Crippen molar-refractivity contribution in [2.24, 2.45) is 0 Å². The Hall–Kier alpha value is -3.26. The number of hydrogen-bond donors (Lipinski definition) is 0. The van der Waals surface area contributed by atoms with Gasteiger partial charge in [-0.25, -0.2) is 0 Å². The maximum absolute atomic E-state index is 10.0. The van der Waals surface area contributed by atoms with Crippen molar-refractivity contribution in [2.75, 3.05) is 14.2 Å². The molecule has 3 heterocycles. The summed E-state index contributed by atoms with van der Waals surface area (Å²) in [6.07, 6.45) is 2.63. The minimum Gasteiger partial charge on any atom is -0.493 e. The molecule has 5 nitrogen and oxygen atoms in total. The molecule has 27 heavy (non-hydrogen) atoms. The Morgan fingerprint density at radius 2 is 1.93 bits per heavy atom. The first-order valence-electron chi connectivity index (χ1n) is 8.92. The molecule has 1 atom stereocenters. The Bertz CT molecular complexity index is 1060. The van der Waals surface area contributed by atoms with Crippen LogP contribution < -0.4 is 9.47 Å². The summed E-state index contributed by atoms with van der Waals surface area (Å²) >= 11 is 0. The Morgan fingerprint density at radius 1 is 1.19 bits per heavy atom. The van der Waals surface area contributed by atoms with Gasteiger partial charge < -0.3 is 14.0 Å². The topological polar surface area (TPSA) is 60.1 Å². The van der Waals surface area contributed by atoms with Gasteiger partial charge in [-0.1, -0.05) is 6.07 Å². The van der Waals surface area contributed by atoms with Crippen molar-refractivity contribution in [3.63, 3.8) is 0 Å². The van der Waals surface area contributed by atoms with E-state index in [2.05, 4.69) is 29.5 Å². The lowest BCUT2D eigenvalue weighted by Gasteiger charge is -2.28. The SMILES string of the molecule is COc1cc2c(cc1OC)-c1c(C#N)c(-c3ccccn3)c(C)n1C(C)C2. The van der Waals surface area contributed by atoms with Gasteiger partial charge in [0.05, 0.1) is 31.2 Å². The van der Waals surface area contributed by atoms with Crippen LogP contribution in [0.3, 0.4) is 0 Å². The van der Waals surface area contributed by atoms with Crippen molar-refractivity contribution in [1.82, 2.24) is 9.55 Å². The predicted octanol–water partition coefficient (Wildman–Crippen LogP) is 4.53. The average molecular weight is 359 g/mol. The van der Waals surface area contributed by atoms with Crippen LogP contribution in [0.1, 0.15) is 29.8 Å². The molecule has 1 aliphatic rings. The molecule has 2 aromatic heterocycles. The third-order valence-electron chi connectivity index (χ3n) is 5.30. The Labute approximate surface area is 158 Å². The van der Waals surface area contributed by atoms with Crippen LogP contribution in [0.5, 0.6) is 11.5 Å². The predicted molar refractivity (Wildman–Crippen MR) is 104 cm³/mol. The molecule has 0 bridgehead atoms. The molecule has 0 saturated heterocycles. The van der Waals surface area contributed by atoms with Crippen LogP contribution in [-0.2, 0) is 6.42 Å². The van der Waals surface area contributed by atoms with Gasteiger partial charge in [0.1, 0.15) is 6.07 Å². The van der Waals surface area contributed by atoms with Crippen LogP contribution in [-0.4, -0.2) is 23.8 Å². The van der Waals surface area contributed by atoms with Gasteiger partial charge in [0.15, 0.2) is 11.5 Å². The van der Waals surface area contributed by atoms with Gasteiger partial charge >= 0.3 is 0 Å². The summed E-state index contributed by atoms with van der Waals surface area (Å²) in [6, 6.07) is 12.5. The summed E-state index contributed by atoms with van der Waals surface area (Å²) in [4.78, 5) is 4.49. The summed E-state index contributed by atoms with van der Waals surface area (Å²) in [7, 11) is 3.27. The van der Waals surface area contributed by atoms with E-state index >= 15 is 0 Å². The van der Waals surface area contributed by atoms with E-state index in [9.17, 15) is 5.26 Å². The molecule has 0 fully saturated rings. The van der Waals surface area contributed by atoms with E-state index < -0.39 is 0 Å². The Balaban J connectivity index is 2.06. The maximum atomic E-state index is 10.0. The second-order valence-corrected chi connectivity index (χ2v) is 6.80. The van der Waals surface area contributed by atoms with Crippen molar-refractivity contribution in [2.45, 2.75) is 26.3 Å². The fourth-order valence-corrected chi connectivity index (χ4v) is 4.18. The lowest BCUT2D eigenvalue weighted by atomic mass is 9.92. The maximum Gasteiger partial charge on any atom is 0.161 e. The van der Waals surface area contributed by atoms with Crippen LogP contribution >= 0.6 is 0 Å². The number of benzene rings is 1. The molecular weight excluding hydrogens is 338 g/mol. The quantitative estimate of drug-likeness (QED) is 0.689. The lowest BCUT2D eigenvalue weighted by molar-refractivity contribution is 0.354. The molecule has 0 radical (unpaired) electrons. The lowest BCUT2D eigenvalue weighted by Crippen LogP contribution is -2.17. The average Bonchev–Trinajstić information content (AvgIpc) is 3.00. The molecule has 3 aromatic rings. The second-order valence-electron chi connectivity index (χ2n) is 6.80. The summed E-state index contributed by atoms with van der Waals surface area (Å²) in [6.45, 7) is 4.25. The monoisotopic (exact) mass is 359 g/mol. The third kappa shape index (κ3) is 2.48. The number of nitrogens with zero attached hydrogens (tertiary/aromatic N) is 3. The highest BCUT2D eigenvalue weighted by atomic mass is 16.5. The van der Waals surface area contributed by atoms with Crippen LogP contribution in [0.25, 0.3) is 22.5 Å². The molecule has 0 N–H and O–H groups in total. The van der Waals surface area contributed by atoms with Crippen molar-refractivity contribution in [3.8, 4) is 40.1 Å². The van der Waals surface area contributed by atoms with Gasteiger partial charge in [-0.3, -0.25) is 4.98 Å². The first-order valence-corrected chi connectivity index (χ1v) is 8.92. The first-order chi connectivity index (χ1) is 13.1. The number of rotatable bonds is 3. The molecule has 1 aromatic carbocycles. The highest BCUT2D eigenvalue weighted by Gasteiger charge is 2.31. The summed E-state index contributed by atoms with van der Waals surface area (Å²) < 4.78 is 13.2. The largest absolute Gasteiger partial charge is 0.493 e. The van der Waals surface area contributed by atoms with E-state index in [0.717, 1.165) is 40.2 Å². The molecule has 0 saturated carbocycles. The molecule has 1 aliphatic heterocycles. The van der Waals surface area contributed by atoms with Gasteiger partial charge in [0.2, 0.25) is 0 Å². The highest BCUT2D eigenvalue weighted by Crippen LogP contribution is 2.46. The van der Waals surface area contributed by atoms with E-state index in [1.807, 2.05) is 30.3 Å². The zero-order valence-corrected chi connectivity index (χ0v) is 15.9. The summed E-state index contributed by atoms with van der Waals surface area (Å²) in [5.41, 5.74) is 6.57. The molecule has 0 spiro atoms. The second kappa shape index (κ2) is 6.48. The molecular formula is C22H21N3O2. The zero-order chi connectivity index (χ0) is 19.1. The number of ether oxygens (including phenoxy) is 2. The first kappa shape index (κ1) is 17.2. The number of methoxy groups -OCH3 is 2. The van der Waals surface area contributed by atoms with Crippen molar-refractivity contribution >= 4 is 0 Å². The zero-order valence-electron chi connectivity index (χ0n) is 15.9. The molecule has 4 rings (SSSR count). The fraction of sp³-hybridized carbons (Fsp3) is 0.273. The van der Waals surface area contributed by atoms with E-state index in [4.69, 9.17) is 9.47 Å². The number of nitriles is 1. The smallest absolute Gasteiger partial charge is 0.161 e. The van der Waals surface area contributed by atoms with Crippen molar-refractivity contribution in [1.29, 1.82) is 5.26 Å². The minimum absolute atomic E-state index is 0.232. The van der Waals surface area contributed by atoms with Crippen LogP contribution in [0.4, 0.5) is 0 Å². The summed E-state index contributed by atoms with van der Waals surface area (Å²) in [5, 5.41) is 10.0. The van der Waals surface area contributed by atoms with Crippen LogP contribution in [0.15, 0.2) is 36.5 Å². The number of fused-ring (bicyclic) bond motifs is 3. The molecule has 0 amide bonds. The molecule has 0 aliphatic carbocycles. The fourth-order valence-electron chi connectivity index (χ4n) is 4.18. The van der Waals surface area contributed by atoms with E-state index in [0.29, 0.717) is 17.1 Å². The number of pyridine rings is 1. The molecule has 5 heteroatoms. The Morgan fingerprint density at radius 3 is 2.56 bits per heavy atom. The number of aromatic nitrogens is 2. The molecule has 136 valence electrons. The highest BCUT2D eigenvalue weighted by molar-refractivity contribution is 5.85. The summed E-state index contributed by atoms with van der Waals surface area (Å²) in [5.74, 6) is 1.38. The van der Waals surface area contributed by atoms with Gasteiger partial charge in [0, 0.05) is 29.1 Å². The minimum atomic E-state index is 0.232. The standard InChI is InChI=1S/C22H21N3O2/c1-13-9-15-10-19(26-3)20(27-4)11-16(15)22-17(12-23)21(14(2)25(13)22)18-7-5-6-8-24-18/h5-8,10-11,13H,9H2,1-4H3. The number of hydrogen-bond acceptors (Lipinski definition) is 4. The molecule has 1 unspecified atom stereocenters. The normalized spacial score (nSPS) is 14.9.